The summed E-state index contributed by atoms with van der Waals surface area (Å²) in [6.07, 6.45) is 0.243. The summed E-state index contributed by atoms with van der Waals surface area (Å²) in [5.41, 5.74) is 3.86. The number of anilines is 1. The SMILES string of the molecule is Cc1ccc(S(=O)(=O)N(CC(=O)N(Cc2ccccc2C)[C@H](Cc2ccccc2)C(=O)NC(C)C)c2ccc(Oc3ccccc3)cc2)cc1. The van der Waals surface area contributed by atoms with Gasteiger partial charge in [0.15, 0.2) is 0 Å². The predicted molar refractivity (Wildman–Crippen MR) is 198 cm³/mol. The fourth-order valence-electron chi connectivity index (χ4n) is 5.58. The smallest absolute Gasteiger partial charge is 0.264 e. The van der Waals surface area contributed by atoms with Crippen LogP contribution in [0.2, 0.25) is 0 Å². The molecule has 9 heteroatoms. The van der Waals surface area contributed by atoms with Gasteiger partial charge in [-0.3, -0.25) is 13.9 Å². The van der Waals surface area contributed by atoms with Crippen LogP contribution in [0.15, 0.2) is 138 Å². The Morgan fingerprint density at radius 3 is 1.92 bits per heavy atom. The number of rotatable bonds is 14. The Kier molecular flexibility index (Phi) is 11.7. The molecule has 1 atom stereocenters. The number of hydrogen-bond acceptors (Lipinski definition) is 5. The molecule has 0 unspecified atom stereocenters. The Balaban J connectivity index is 1.56. The van der Waals surface area contributed by atoms with E-state index in [0.29, 0.717) is 11.5 Å². The van der Waals surface area contributed by atoms with E-state index in [4.69, 9.17) is 4.74 Å². The van der Waals surface area contributed by atoms with Crippen molar-refractivity contribution in [3.63, 3.8) is 0 Å². The zero-order chi connectivity index (χ0) is 35.7. The average molecular weight is 690 g/mol. The first-order valence-electron chi connectivity index (χ1n) is 16.6. The maximum atomic E-state index is 14.7. The molecule has 8 nitrogen and oxygen atoms in total. The number of para-hydroxylation sites is 1. The second-order valence-electron chi connectivity index (χ2n) is 12.6. The normalized spacial score (nSPS) is 11.9. The Bertz CT molecular complexity index is 1980. The minimum Gasteiger partial charge on any atom is -0.457 e. The van der Waals surface area contributed by atoms with Crippen LogP contribution in [0.4, 0.5) is 5.69 Å². The van der Waals surface area contributed by atoms with Gasteiger partial charge in [-0.25, -0.2) is 8.42 Å². The van der Waals surface area contributed by atoms with Gasteiger partial charge in [-0.05, 0) is 92.9 Å². The number of aryl methyl sites for hydroxylation is 2. The van der Waals surface area contributed by atoms with Gasteiger partial charge in [0.25, 0.3) is 10.0 Å². The Hall–Kier alpha value is -5.41. The third kappa shape index (κ3) is 9.18. The highest BCUT2D eigenvalue weighted by Crippen LogP contribution is 2.29. The first-order chi connectivity index (χ1) is 24.0. The van der Waals surface area contributed by atoms with E-state index in [-0.39, 0.29) is 35.5 Å². The zero-order valence-corrected chi connectivity index (χ0v) is 29.6. The molecule has 0 aliphatic rings. The Morgan fingerprint density at radius 1 is 0.720 bits per heavy atom. The van der Waals surface area contributed by atoms with E-state index in [1.807, 2.05) is 113 Å². The molecular weight excluding hydrogens is 647 g/mol. The van der Waals surface area contributed by atoms with E-state index in [1.54, 1.807) is 36.4 Å². The van der Waals surface area contributed by atoms with Crippen LogP contribution < -0.4 is 14.4 Å². The molecule has 0 aromatic heterocycles. The van der Waals surface area contributed by atoms with Gasteiger partial charge in [0.05, 0.1) is 10.6 Å². The van der Waals surface area contributed by atoms with Crippen LogP contribution in [-0.4, -0.2) is 43.8 Å². The molecule has 258 valence electrons. The molecule has 0 spiro atoms. The van der Waals surface area contributed by atoms with Crippen LogP contribution in [0.3, 0.4) is 0 Å². The summed E-state index contributed by atoms with van der Waals surface area (Å²) < 4.78 is 35.8. The molecule has 1 N–H and O–H groups in total. The Labute approximate surface area is 295 Å². The number of nitrogens with one attached hydrogen (secondary N) is 1. The molecule has 5 aromatic carbocycles. The highest BCUT2D eigenvalue weighted by Gasteiger charge is 2.35. The minimum atomic E-state index is -4.23. The summed E-state index contributed by atoms with van der Waals surface area (Å²) in [7, 11) is -4.23. The van der Waals surface area contributed by atoms with Gasteiger partial charge in [0.1, 0.15) is 24.1 Å². The molecule has 50 heavy (non-hydrogen) atoms. The number of carbonyl (C=O) groups excluding carboxylic acids is 2. The van der Waals surface area contributed by atoms with Crippen molar-refractivity contribution in [3.8, 4) is 11.5 Å². The van der Waals surface area contributed by atoms with E-state index in [1.165, 1.54) is 17.0 Å². The van der Waals surface area contributed by atoms with Crippen LogP contribution in [0, 0.1) is 13.8 Å². The van der Waals surface area contributed by atoms with Crippen molar-refractivity contribution in [2.24, 2.45) is 0 Å². The number of sulfonamides is 1. The van der Waals surface area contributed by atoms with E-state index in [2.05, 4.69) is 5.32 Å². The van der Waals surface area contributed by atoms with Gasteiger partial charge in [0, 0.05) is 19.0 Å². The summed E-state index contributed by atoms with van der Waals surface area (Å²) in [5, 5.41) is 2.99. The number of hydrogen-bond donors (Lipinski definition) is 1. The number of nitrogens with zero attached hydrogens (tertiary/aromatic N) is 2. The molecule has 0 bridgehead atoms. The van der Waals surface area contributed by atoms with Crippen molar-refractivity contribution in [1.82, 2.24) is 10.2 Å². The average Bonchev–Trinajstić information content (AvgIpc) is 3.10. The maximum absolute atomic E-state index is 14.7. The zero-order valence-electron chi connectivity index (χ0n) is 28.8. The van der Waals surface area contributed by atoms with Gasteiger partial charge in [-0.15, -0.1) is 0 Å². The molecule has 5 aromatic rings. The maximum Gasteiger partial charge on any atom is 0.264 e. The summed E-state index contributed by atoms with van der Waals surface area (Å²) in [6.45, 7) is 7.13. The molecule has 0 saturated heterocycles. The van der Waals surface area contributed by atoms with Gasteiger partial charge < -0.3 is 15.0 Å². The fraction of sp³-hybridized carbons (Fsp3) is 0.220. The quantitative estimate of drug-likeness (QED) is 0.131. The molecule has 0 fully saturated rings. The number of carbonyl (C=O) groups is 2. The lowest BCUT2D eigenvalue weighted by Crippen LogP contribution is -2.54. The standard InChI is InChI=1S/C41H43N3O5S/c1-30(2)42-41(46)39(27-33-14-7-5-8-15-33)43(28-34-16-12-11-13-32(34)4)40(45)29-44(50(47,48)38-25-19-31(3)20-26-38)35-21-23-37(24-22-35)49-36-17-9-6-10-18-36/h5-26,30,39H,27-29H2,1-4H3,(H,42,46)/t39-/m1/s1. The van der Waals surface area contributed by atoms with Gasteiger partial charge in [0.2, 0.25) is 11.8 Å². The second kappa shape index (κ2) is 16.3. The molecule has 2 amide bonds. The predicted octanol–water partition coefficient (Wildman–Crippen LogP) is 7.46. The molecule has 0 aliphatic heterocycles. The highest BCUT2D eigenvalue weighted by atomic mass is 32.2. The third-order valence-corrected chi connectivity index (χ3v) is 10.1. The van der Waals surface area contributed by atoms with E-state index < -0.39 is 28.5 Å². The van der Waals surface area contributed by atoms with Crippen molar-refractivity contribution in [2.75, 3.05) is 10.8 Å². The van der Waals surface area contributed by atoms with Gasteiger partial charge in [-0.2, -0.15) is 0 Å². The van der Waals surface area contributed by atoms with Crippen LogP contribution >= 0.6 is 0 Å². The highest BCUT2D eigenvalue weighted by molar-refractivity contribution is 7.92. The molecule has 0 saturated carbocycles. The lowest BCUT2D eigenvalue weighted by Gasteiger charge is -2.34. The van der Waals surface area contributed by atoms with Crippen molar-refractivity contribution in [3.05, 3.63) is 156 Å². The lowest BCUT2D eigenvalue weighted by molar-refractivity contribution is -0.140. The topological polar surface area (TPSA) is 96.0 Å². The van der Waals surface area contributed by atoms with E-state index in [9.17, 15) is 18.0 Å². The largest absolute Gasteiger partial charge is 0.457 e. The van der Waals surface area contributed by atoms with Crippen LogP contribution in [-0.2, 0) is 32.6 Å². The molecule has 0 aliphatic carbocycles. The van der Waals surface area contributed by atoms with Crippen LogP contribution in [0.1, 0.15) is 36.1 Å². The number of amides is 2. The lowest BCUT2D eigenvalue weighted by atomic mass is 10.0. The molecule has 0 radical (unpaired) electrons. The van der Waals surface area contributed by atoms with Gasteiger partial charge >= 0.3 is 0 Å². The number of ether oxygens (including phenoxy) is 1. The van der Waals surface area contributed by atoms with Crippen molar-refractivity contribution in [2.45, 2.75) is 57.6 Å². The first kappa shape index (κ1) is 35.9. The van der Waals surface area contributed by atoms with Crippen molar-refractivity contribution in [1.29, 1.82) is 0 Å². The Morgan fingerprint density at radius 2 is 1.30 bits per heavy atom. The van der Waals surface area contributed by atoms with Crippen molar-refractivity contribution >= 4 is 27.5 Å². The van der Waals surface area contributed by atoms with Crippen molar-refractivity contribution < 1.29 is 22.7 Å². The molecular formula is C41H43N3O5S. The third-order valence-electron chi connectivity index (χ3n) is 8.30. The summed E-state index contributed by atoms with van der Waals surface area (Å²) >= 11 is 0. The van der Waals surface area contributed by atoms with Crippen LogP contribution in [0.25, 0.3) is 0 Å². The molecule has 5 rings (SSSR count). The summed E-state index contributed by atoms with van der Waals surface area (Å²) in [5.74, 6) is 0.304. The minimum absolute atomic E-state index is 0.0457. The fourth-order valence-corrected chi connectivity index (χ4v) is 6.99. The van der Waals surface area contributed by atoms with E-state index in [0.717, 1.165) is 26.6 Å². The second-order valence-corrected chi connectivity index (χ2v) is 14.4. The van der Waals surface area contributed by atoms with Gasteiger partial charge in [-0.1, -0.05) is 90.5 Å². The monoisotopic (exact) mass is 689 g/mol. The first-order valence-corrected chi connectivity index (χ1v) is 18.1. The number of benzene rings is 5. The van der Waals surface area contributed by atoms with Crippen LogP contribution in [0.5, 0.6) is 11.5 Å². The summed E-state index contributed by atoms with van der Waals surface area (Å²) in [4.78, 5) is 30.2. The molecule has 0 heterocycles. The van der Waals surface area contributed by atoms with E-state index >= 15 is 0 Å². The summed E-state index contributed by atoms with van der Waals surface area (Å²) in [6, 6.07) is 38.4.